The van der Waals surface area contributed by atoms with Gasteiger partial charge in [-0.2, -0.15) is 5.10 Å². The number of halogens is 2. The van der Waals surface area contributed by atoms with Crippen LogP contribution >= 0.6 is 0 Å². The van der Waals surface area contributed by atoms with Gasteiger partial charge >= 0.3 is 0 Å². The summed E-state index contributed by atoms with van der Waals surface area (Å²) in [5.41, 5.74) is 1.79. The van der Waals surface area contributed by atoms with Crippen molar-refractivity contribution in [1.82, 2.24) is 9.78 Å². The smallest absolute Gasteiger partial charge is 0.226 e. The van der Waals surface area contributed by atoms with Crippen LogP contribution < -0.4 is 10.1 Å². The molecular formula is C20H17F2N3O2. The molecule has 1 N–H and O–H groups in total. The highest BCUT2D eigenvalue weighted by molar-refractivity contribution is 5.94. The molecule has 0 spiro atoms. The molecule has 2 aromatic carbocycles. The van der Waals surface area contributed by atoms with Crippen molar-refractivity contribution in [3.05, 3.63) is 71.4 Å². The number of rotatable bonds is 4. The van der Waals surface area contributed by atoms with Crippen molar-refractivity contribution < 1.29 is 18.3 Å². The minimum absolute atomic E-state index is 0.0743. The van der Waals surface area contributed by atoms with Crippen LogP contribution in [-0.4, -0.2) is 22.3 Å². The molecule has 0 radical (unpaired) electrons. The third kappa shape index (κ3) is 3.16. The van der Waals surface area contributed by atoms with Gasteiger partial charge < -0.3 is 10.1 Å². The van der Waals surface area contributed by atoms with Crippen LogP contribution in [0.5, 0.6) is 5.75 Å². The second kappa shape index (κ2) is 6.83. The summed E-state index contributed by atoms with van der Waals surface area (Å²) in [5.74, 6) is -0.666. The minimum atomic E-state index is -0.752. The fraction of sp³-hybridized carbons (Fsp3) is 0.200. The van der Waals surface area contributed by atoms with E-state index in [0.29, 0.717) is 12.4 Å². The quantitative estimate of drug-likeness (QED) is 0.756. The highest BCUT2D eigenvalue weighted by Gasteiger charge is 2.30. The van der Waals surface area contributed by atoms with Gasteiger partial charge in [0, 0.05) is 24.0 Å². The number of nitrogens with zero attached hydrogens (tertiary/aromatic N) is 2. The van der Waals surface area contributed by atoms with Crippen molar-refractivity contribution >= 4 is 11.7 Å². The van der Waals surface area contributed by atoms with Crippen LogP contribution in [0.1, 0.15) is 30.4 Å². The molecule has 1 aliphatic heterocycles. The van der Waals surface area contributed by atoms with Gasteiger partial charge in [-0.15, -0.1) is 0 Å². The Morgan fingerprint density at radius 3 is 2.70 bits per heavy atom. The lowest BCUT2D eigenvalue weighted by Crippen LogP contribution is -2.24. The van der Waals surface area contributed by atoms with Crippen LogP contribution in [0.4, 0.5) is 14.6 Å². The number of carbonyl (C=O) groups is 1. The van der Waals surface area contributed by atoms with E-state index in [-0.39, 0.29) is 23.9 Å². The summed E-state index contributed by atoms with van der Waals surface area (Å²) in [4.78, 5) is 12.3. The number of hydrogen-bond acceptors (Lipinski definition) is 3. The van der Waals surface area contributed by atoms with Gasteiger partial charge in [0.05, 0.1) is 12.8 Å². The first-order valence-corrected chi connectivity index (χ1v) is 8.62. The maximum atomic E-state index is 14.2. The maximum Gasteiger partial charge on any atom is 0.226 e. The van der Waals surface area contributed by atoms with E-state index < -0.39 is 11.6 Å². The number of fused-ring (bicyclic) bond motifs is 1. The monoisotopic (exact) mass is 369 g/mol. The van der Waals surface area contributed by atoms with E-state index in [1.54, 1.807) is 6.20 Å². The second-order valence-electron chi connectivity index (χ2n) is 6.26. The Hall–Kier alpha value is -3.22. The molecule has 27 heavy (non-hydrogen) atoms. The molecule has 1 unspecified atom stereocenters. The SMILES string of the molecule is CCOc1ccc(C2CC(=O)Nc3c2cnn3-c2ccc(F)cc2F)cc1. The van der Waals surface area contributed by atoms with Crippen molar-refractivity contribution in [2.75, 3.05) is 11.9 Å². The van der Waals surface area contributed by atoms with Crippen molar-refractivity contribution in [2.45, 2.75) is 19.3 Å². The van der Waals surface area contributed by atoms with Crippen LogP contribution in [0.25, 0.3) is 5.69 Å². The Kier molecular flexibility index (Phi) is 4.35. The fourth-order valence-corrected chi connectivity index (χ4v) is 3.32. The van der Waals surface area contributed by atoms with Gasteiger partial charge in [0.2, 0.25) is 5.91 Å². The molecular weight excluding hydrogens is 352 g/mol. The lowest BCUT2D eigenvalue weighted by molar-refractivity contribution is -0.116. The summed E-state index contributed by atoms with van der Waals surface area (Å²) in [6.45, 7) is 2.49. The van der Waals surface area contributed by atoms with Crippen LogP contribution in [0.2, 0.25) is 0 Å². The van der Waals surface area contributed by atoms with Crippen molar-refractivity contribution in [1.29, 1.82) is 0 Å². The zero-order valence-corrected chi connectivity index (χ0v) is 14.6. The van der Waals surface area contributed by atoms with Crippen molar-refractivity contribution in [2.24, 2.45) is 0 Å². The molecule has 2 heterocycles. The Morgan fingerprint density at radius 2 is 2.00 bits per heavy atom. The summed E-state index contributed by atoms with van der Waals surface area (Å²) in [7, 11) is 0. The van der Waals surface area contributed by atoms with Crippen LogP contribution in [0.15, 0.2) is 48.7 Å². The standard InChI is InChI=1S/C20H17F2N3O2/c1-2-27-14-6-3-12(4-7-14)15-10-19(26)24-20-16(15)11-23-25(20)18-8-5-13(21)9-17(18)22/h3-9,11,15H,2,10H2,1H3,(H,24,26). The number of ether oxygens (including phenoxy) is 1. The summed E-state index contributed by atoms with van der Waals surface area (Å²) >= 11 is 0. The van der Waals surface area contributed by atoms with E-state index in [1.807, 2.05) is 31.2 Å². The predicted octanol–water partition coefficient (Wildman–Crippen LogP) is 4.02. The molecule has 1 aromatic heterocycles. The van der Waals surface area contributed by atoms with Gasteiger partial charge in [-0.05, 0) is 36.8 Å². The van der Waals surface area contributed by atoms with E-state index in [1.165, 1.54) is 10.7 Å². The molecule has 0 aliphatic carbocycles. The first-order chi connectivity index (χ1) is 13.1. The number of amides is 1. The topological polar surface area (TPSA) is 56.1 Å². The van der Waals surface area contributed by atoms with E-state index in [4.69, 9.17) is 4.74 Å². The highest BCUT2D eigenvalue weighted by Crippen LogP contribution is 2.38. The Labute approximate surface area is 154 Å². The van der Waals surface area contributed by atoms with Crippen LogP contribution in [0, 0.1) is 11.6 Å². The average Bonchev–Trinajstić information content (AvgIpc) is 3.05. The normalized spacial score (nSPS) is 16.0. The number of benzene rings is 2. The summed E-state index contributed by atoms with van der Waals surface area (Å²) in [5, 5.41) is 6.99. The van der Waals surface area contributed by atoms with Crippen molar-refractivity contribution in [3.63, 3.8) is 0 Å². The Balaban J connectivity index is 1.75. The summed E-state index contributed by atoms with van der Waals surface area (Å²) in [6.07, 6.45) is 1.87. The van der Waals surface area contributed by atoms with Crippen LogP contribution in [-0.2, 0) is 4.79 Å². The van der Waals surface area contributed by atoms with Gasteiger partial charge in [0.1, 0.15) is 23.1 Å². The summed E-state index contributed by atoms with van der Waals surface area (Å²) in [6, 6.07) is 10.8. The van der Waals surface area contributed by atoms with Gasteiger partial charge in [0.15, 0.2) is 5.82 Å². The van der Waals surface area contributed by atoms with Gasteiger partial charge in [-0.25, -0.2) is 13.5 Å². The number of hydrogen-bond donors (Lipinski definition) is 1. The summed E-state index contributed by atoms with van der Waals surface area (Å²) < 4.78 is 34.2. The zero-order valence-electron chi connectivity index (χ0n) is 14.6. The molecule has 0 saturated heterocycles. The van der Waals surface area contributed by atoms with E-state index >= 15 is 0 Å². The number of carbonyl (C=O) groups excluding carboxylic acids is 1. The maximum absolute atomic E-state index is 14.2. The minimum Gasteiger partial charge on any atom is -0.494 e. The van der Waals surface area contributed by atoms with E-state index in [9.17, 15) is 13.6 Å². The zero-order chi connectivity index (χ0) is 19.0. The molecule has 1 atom stereocenters. The number of aromatic nitrogens is 2. The predicted molar refractivity (Wildman–Crippen MR) is 96.2 cm³/mol. The molecule has 5 nitrogen and oxygen atoms in total. The largest absolute Gasteiger partial charge is 0.494 e. The molecule has 1 amide bonds. The molecule has 0 bridgehead atoms. The first kappa shape index (κ1) is 17.2. The lowest BCUT2D eigenvalue weighted by atomic mass is 9.87. The molecule has 7 heteroatoms. The Bertz CT molecular complexity index is 999. The second-order valence-corrected chi connectivity index (χ2v) is 6.26. The highest BCUT2D eigenvalue weighted by atomic mass is 19.1. The van der Waals surface area contributed by atoms with Gasteiger partial charge in [-0.3, -0.25) is 4.79 Å². The third-order valence-electron chi connectivity index (χ3n) is 4.55. The first-order valence-electron chi connectivity index (χ1n) is 8.62. The van der Waals surface area contributed by atoms with E-state index in [2.05, 4.69) is 10.4 Å². The van der Waals surface area contributed by atoms with E-state index in [0.717, 1.165) is 29.0 Å². The van der Waals surface area contributed by atoms with Gasteiger partial charge in [0.25, 0.3) is 0 Å². The van der Waals surface area contributed by atoms with Crippen LogP contribution in [0.3, 0.4) is 0 Å². The van der Waals surface area contributed by atoms with Crippen molar-refractivity contribution in [3.8, 4) is 11.4 Å². The molecule has 4 rings (SSSR count). The number of anilines is 1. The lowest BCUT2D eigenvalue weighted by Gasteiger charge is -2.24. The molecule has 138 valence electrons. The molecule has 1 aliphatic rings. The Morgan fingerprint density at radius 1 is 1.22 bits per heavy atom. The van der Waals surface area contributed by atoms with Gasteiger partial charge in [-0.1, -0.05) is 12.1 Å². The molecule has 3 aromatic rings. The number of nitrogens with one attached hydrogen (secondary N) is 1. The molecule has 0 fully saturated rings. The molecule has 0 saturated carbocycles. The average molecular weight is 369 g/mol. The fourth-order valence-electron chi connectivity index (χ4n) is 3.32. The third-order valence-corrected chi connectivity index (χ3v) is 4.55.